The lowest BCUT2D eigenvalue weighted by Gasteiger charge is -2.15. The summed E-state index contributed by atoms with van der Waals surface area (Å²) in [6.07, 6.45) is -0.730. The molecule has 100 valence electrons. The smallest absolute Gasteiger partial charge is 0.221 e. The first kappa shape index (κ1) is 15.2. The lowest BCUT2D eigenvalue weighted by atomic mass is 10.1. The van der Waals surface area contributed by atoms with Crippen molar-refractivity contribution in [3.63, 3.8) is 0 Å². The van der Waals surface area contributed by atoms with Crippen LogP contribution in [0.4, 0.5) is 0 Å². The second-order valence-electron chi connectivity index (χ2n) is 4.14. The average Bonchev–Trinajstić information content (AvgIpc) is 2.25. The maximum Gasteiger partial charge on any atom is 0.221 e. The third kappa shape index (κ3) is 4.46. The van der Waals surface area contributed by atoms with Crippen molar-refractivity contribution in [1.29, 1.82) is 0 Å². The van der Waals surface area contributed by atoms with Crippen molar-refractivity contribution in [1.82, 2.24) is 5.32 Å². The molecule has 0 aliphatic heterocycles. The van der Waals surface area contributed by atoms with E-state index in [-0.39, 0.29) is 24.9 Å². The highest BCUT2D eigenvalue weighted by molar-refractivity contribution is 6.36. The van der Waals surface area contributed by atoms with Crippen molar-refractivity contribution in [2.24, 2.45) is 5.73 Å². The first-order valence-electron chi connectivity index (χ1n) is 5.56. The molecule has 2 unspecified atom stereocenters. The Morgan fingerprint density at radius 3 is 2.50 bits per heavy atom. The predicted molar refractivity (Wildman–Crippen MR) is 72.7 cm³/mol. The molecule has 0 fully saturated rings. The van der Waals surface area contributed by atoms with E-state index in [2.05, 4.69) is 5.32 Å². The molecule has 0 aliphatic rings. The molecule has 4 nitrogen and oxygen atoms in total. The molecule has 0 saturated heterocycles. The van der Waals surface area contributed by atoms with Crippen molar-refractivity contribution < 1.29 is 9.90 Å². The molecule has 1 amide bonds. The van der Waals surface area contributed by atoms with E-state index in [1.54, 1.807) is 25.1 Å². The second kappa shape index (κ2) is 6.95. The van der Waals surface area contributed by atoms with Gasteiger partial charge in [0, 0.05) is 34.6 Å². The van der Waals surface area contributed by atoms with Crippen molar-refractivity contribution in [3.05, 3.63) is 33.8 Å². The maximum atomic E-state index is 11.4. The van der Waals surface area contributed by atoms with E-state index in [4.69, 9.17) is 28.9 Å². The predicted octanol–water partition coefficient (Wildman–Crippen LogP) is 1.88. The number of carbonyl (C=O) groups is 1. The molecule has 6 heteroatoms. The minimum absolute atomic E-state index is 0.0506. The number of aliphatic hydroxyl groups is 1. The Hall–Kier alpha value is -0.810. The van der Waals surface area contributed by atoms with E-state index in [9.17, 15) is 9.90 Å². The van der Waals surface area contributed by atoms with Gasteiger partial charge >= 0.3 is 0 Å². The number of halogens is 2. The Balaban J connectivity index is 2.61. The van der Waals surface area contributed by atoms with Crippen LogP contribution in [0, 0.1) is 0 Å². The monoisotopic (exact) mass is 290 g/mol. The summed E-state index contributed by atoms with van der Waals surface area (Å²) in [5, 5.41) is 13.3. The summed E-state index contributed by atoms with van der Waals surface area (Å²) in [6, 6.07) is 4.74. The van der Waals surface area contributed by atoms with Crippen molar-refractivity contribution in [2.75, 3.05) is 6.54 Å². The summed E-state index contributed by atoms with van der Waals surface area (Å²) in [7, 11) is 0. The summed E-state index contributed by atoms with van der Waals surface area (Å²) < 4.78 is 0. The number of hydrogen-bond donors (Lipinski definition) is 3. The summed E-state index contributed by atoms with van der Waals surface area (Å²) >= 11 is 11.9. The molecule has 0 radical (unpaired) electrons. The summed E-state index contributed by atoms with van der Waals surface area (Å²) in [5.74, 6) is -0.216. The number of hydrogen-bond acceptors (Lipinski definition) is 3. The lowest BCUT2D eigenvalue weighted by molar-refractivity contribution is -0.121. The highest BCUT2D eigenvalue weighted by Crippen LogP contribution is 2.29. The number of rotatable bonds is 5. The van der Waals surface area contributed by atoms with Crippen LogP contribution in [0.25, 0.3) is 0 Å². The molecular formula is C12H16Cl2N2O2. The summed E-state index contributed by atoms with van der Waals surface area (Å²) in [5.41, 5.74) is 5.91. The fraction of sp³-hybridized carbons (Fsp3) is 0.417. The molecule has 0 bridgehead atoms. The van der Waals surface area contributed by atoms with Crippen LogP contribution in [0.3, 0.4) is 0 Å². The van der Waals surface area contributed by atoms with Gasteiger partial charge in [0.15, 0.2) is 0 Å². The number of nitrogens with two attached hydrogens (primary N) is 1. The number of carbonyl (C=O) groups excluding carboxylic acids is 1. The van der Waals surface area contributed by atoms with Crippen molar-refractivity contribution in [2.45, 2.75) is 25.5 Å². The van der Waals surface area contributed by atoms with Crippen LogP contribution in [-0.4, -0.2) is 23.6 Å². The molecule has 0 spiro atoms. The van der Waals surface area contributed by atoms with Gasteiger partial charge in [0.05, 0.1) is 6.10 Å². The van der Waals surface area contributed by atoms with Crippen LogP contribution in [-0.2, 0) is 4.79 Å². The zero-order chi connectivity index (χ0) is 13.7. The molecule has 1 aromatic rings. The number of benzene rings is 1. The Bertz CT molecular complexity index is 404. The molecular weight excluding hydrogens is 275 g/mol. The van der Waals surface area contributed by atoms with Crippen LogP contribution in [0.2, 0.25) is 10.0 Å². The number of amides is 1. The Morgan fingerprint density at radius 2 is 2.00 bits per heavy atom. The van der Waals surface area contributed by atoms with Gasteiger partial charge in [-0.25, -0.2) is 0 Å². The van der Waals surface area contributed by atoms with Crippen LogP contribution in [0.15, 0.2) is 18.2 Å². The Morgan fingerprint density at radius 1 is 1.44 bits per heavy atom. The quantitative estimate of drug-likeness (QED) is 0.775. The summed E-state index contributed by atoms with van der Waals surface area (Å²) in [6.45, 7) is 1.79. The molecule has 0 aromatic heterocycles. The van der Waals surface area contributed by atoms with Crippen molar-refractivity contribution >= 4 is 29.1 Å². The van der Waals surface area contributed by atoms with Gasteiger partial charge in [-0.2, -0.15) is 0 Å². The van der Waals surface area contributed by atoms with Gasteiger partial charge in [-0.15, -0.1) is 0 Å². The summed E-state index contributed by atoms with van der Waals surface area (Å²) in [4.78, 5) is 11.4. The van der Waals surface area contributed by atoms with E-state index in [1.807, 2.05) is 0 Å². The lowest BCUT2D eigenvalue weighted by Crippen LogP contribution is -2.32. The van der Waals surface area contributed by atoms with E-state index in [0.29, 0.717) is 15.6 Å². The molecule has 0 saturated carbocycles. The molecule has 4 N–H and O–H groups in total. The van der Waals surface area contributed by atoms with Gasteiger partial charge in [0.2, 0.25) is 5.91 Å². The molecule has 0 aliphatic carbocycles. The SMILES string of the molecule is CC(N)CC(=O)NCC(O)c1c(Cl)cccc1Cl. The molecule has 1 rings (SSSR count). The van der Waals surface area contributed by atoms with Gasteiger partial charge < -0.3 is 16.2 Å². The topological polar surface area (TPSA) is 75.4 Å². The standard InChI is InChI=1S/C12H16Cl2N2O2/c1-7(15)5-11(18)16-6-10(17)12-8(13)3-2-4-9(12)14/h2-4,7,10,17H,5-6,15H2,1H3,(H,16,18). The first-order chi connectivity index (χ1) is 8.41. The minimum atomic E-state index is -0.941. The highest BCUT2D eigenvalue weighted by Gasteiger charge is 2.16. The van der Waals surface area contributed by atoms with Crippen LogP contribution < -0.4 is 11.1 Å². The molecule has 0 heterocycles. The molecule has 2 atom stereocenters. The first-order valence-corrected chi connectivity index (χ1v) is 6.31. The highest BCUT2D eigenvalue weighted by atomic mass is 35.5. The normalized spacial score (nSPS) is 14.1. The van der Waals surface area contributed by atoms with E-state index in [0.717, 1.165) is 0 Å². The van der Waals surface area contributed by atoms with E-state index >= 15 is 0 Å². The third-order valence-corrected chi connectivity index (χ3v) is 2.99. The van der Waals surface area contributed by atoms with Gasteiger partial charge in [0.25, 0.3) is 0 Å². The third-order valence-electron chi connectivity index (χ3n) is 2.33. The zero-order valence-electron chi connectivity index (χ0n) is 9.99. The van der Waals surface area contributed by atoms with Gasteiger partial charge in [0.1, 0.15) is 0 Å². The number of aliphatic hydroxyl groups excluding tert-OH is 1. The largest absolute Gasteiger partial charge is 0.386 e. The van der Waals surface area contributed by atoms with Crippen LogP contribution in [0.5, 0.6) is 0 Å². The Kier molecular flexibility index (Phi) is 5.88. The number of nitrogens with one attached hydrogen (secondary N) is 1. The minimum Gasteiger partial charge on any atom is -0.386 e. The zero-order valence-corrected chi connectivity index (χ0v) is 11.5. The van der Waals surface area contributed by atoms with Gasteiger partial charge in [-0.1, -0.05) is 29.3 Å². The fourth-order valence-electron chi connectivity index (χ4n) is 1.51. The van der Waals surface area contributed by atoms with Gasteiger partial charge in [-0.05, 0) is 19.1 Å². The molecule has 18 heavy (non-hydrogen) atoms. The van der Waals surface area contributed by atoms with Crippen molar-refractivity contribution in [3.8, 4) is 0 Å². The second-order valence-corrected chi connectivity index (χ2v) is 4.95. The maximum absolute atomic E-state index is 11.4. The van der Waals surface area contributed by atoms with Crippen LogP contribution in [0.1, 0.15) is 25.0 Å². The van der Waals surface area contributed by atoms with E-state index in [1.165, 1.54) is 0 Å². The Labute approximate surface area is 116 Å². The molecule has 1 aromatic carbocycles. The van der Waals surface area contributed by atoms with Gasteiger partial charge in [-0.3, -0.25) is 4.79 Å². The van der Waals surface area contributed by atoms with E-state index < -0.39 is 6.10 Å². The average molecular weight is 291 g/mol. The fourth-order valence-corrected chi connectivity index (χ4v) is 2.16. The van der Waals surface area contributed by atoms with Crippen LogP contribution >= 0.6 is 23.2 Å².